The number of amides is 2. The van der Waals surface area contributed by atoms with Crippen molar-refractivity contribution in [2.24, 2.45) is 0 Å². The Hall–Kier alpha value is -3.13. The summed E-state index contributed by atoms with van der Waals surface area (Å²) in [4.78, 5) is 24.2. The third kappa shape index (κ3) is 8.64. The Morgan fingerprint density at radius 3 is 2.39 bits per heavy atom. The van der Waals surface area contributed by atoms with E-state index in [0.717, 1.165) is 30.4 Å². The van der Waals surface area contributed by atoms with Crippen LogP contribution in [-0.2, 0) is 4.79 Å². The highest BCUT2D eigenvalue weighted by atomic mass is 32.1. The highest BCUT2D eigenvalue weighted by Gasteiger charge is 2.10. The Balaban J connectivity index is 1.71. The third-order valence-corrected chi connectivity index (χ3v) is 4.57. The molecule has 2 rings (SSSR count). The van der Waals surface area contributed by atoms with Crippen molar-refractivity contribution in [3.63, 3.8) is 0 Å². The second-order valence-corrected chi connectivity index (χ2v) is 7.50. The lowest BCUT2D eigenvalue weighted by molar-refractivity contribution is -0.123. The first-order valence-electron chi connectivity index (χ1n) is 10.2. The second kappa shape index (κ2) is 12.5. The van der Waals surface area contributed by atoms with E-state index in [-0.39, 0.29) is 11.7 Å². The molecule has 7 nitrogen and oxygen atoms in total. The van der Waals surface area contributed by atoms with Gasteiger partial charge in [-0.2, -0.15) is 0 Å². The summed E-state index contributed by atoms with van der Waals surface area (Å²) in [5, 5.41) is 2.48. The van der Waals surface area contributed by atoms with Gasteiger partial charge in [0.1, 0.15) is 11.5 Å². The largest absolute Gasteiger partial charge is 0.494 e. The Morgan fingerprint density at radius 1 is 0.968 bits per heavy atom. The van der Waals surface area contributed by atoms with Gasteiger partial charge in [0.25, 0.3) is 11.8 Å². The van der Waals surface area contributed by atoms with E-state index < -0.39 is 11.8 Å². The number of benzene rings is 2. The first-order chi connectivity index (χ1) is 14.9. The number of aryl methyl sites for hydroxylation is 2. The molecule has 8 heteroatoms. The average molecular weight is 444 g/mol. The second-order valence-electron chi connectivity index (χ2n) is 7.09. The van der Waals surface area contributed by atoms with Crippen molar-refractivity contribution in [3.05, 3.63) is 59.2 Å². The molecule has 0 saturated carbocycles. The molecule has 2 amide bonds. The molecule has 0 aromatic heterocycles. The van der Waals surface area contributed by atoms with Gasteiger partial charge >= 0.3 is 0 Å². The summed E-state index contributed by atoms with van der Waals surface area (Å²) in [6, 6.07) is 12.5. The van der Waals surface area contributed by atoms with Gasteiger partial charge in [-0.25, -0.2) is 0 Å². The molecule has 0 radical (unpaired) electrons. The molecule has 0 heterocycles. The molecule has 0 aliphatic rings. The van der Waals surface area contributed by atoms with Gasteiger partial charge in [0, 0.05) is 5.56 Å². The van der Waals surface area contributed by atoms with Crippen molar-refractivity contribution >= 4 is 29.1 Å². The predicted octanol–water partition coefficient (Wildman–Crippen LogP) is 3.59. The average Bonchev–Trinajstić information content (AvgIpc) is 2.75. The summed E-state index contributed by atoms with van der Waals surface area (Å²) < 4.78 is 11.1. The van der Waals surface area contributed by atoms with E-state index in [1.54, 1.807) is 24.3 Å². The number of hydrogen-bond donors (Lipinski definition) is 3. The monoisotopic (exact) mass is 443 g/mol. The van der Waals surface area contributed by atoms with Gasteiger partial charge in [-0.1, -0.05) is 37.5 Å². The molecule has 0 atom stereocenters. The summed E-state index contributed by atoms with van der Waals surface area (Å²) in [5.41, 5.74) is 7.37. The fourth-order valence-corrected chi connectivity index (χ4v) is 2.86. The van der Waals surface area contributed by atoms with Gasteiger partial charge in [-0.3, -0.25) is 25.8 Å². The van der Waals surface area contributed by atoms with E-state index in [1.807, 2.05) is 32.0 Å². The molecule has 0 aliphatic carbocycles. The normalized spacial score (nSPS) is 10.2. The molecular weight excluding hydrogens is 414 g/mol. The van der Waals surface area contributed by atoms with Crippen LogP contribution in [0.25, 0.3) is 0 Å². The van der Waals surface area contributed by atoms with Crippen LogP contribution in [0.15, 0.2) is 42.5 Å². The summed E-state index contributed by atoms with van der Waals surface area (Å²) in [6.45, 7) is 6.50. The third-order valence-electron chi connectivity index (χ3n) is 4.36. The van der Waals surface area contributed by atoms with Gasteiger partial charge in [0.05, 0.1) is 6.61 Å². The first kappa shape index (κ1) is 24.1. The zero-order valence-electron chi connectivity index (χ0n) is 18.1. The van der Waals surface area contributed by atoms with Crippen LogP contribution in [0.5, 0.6) is 11.5 Å². The van der Waals surface area contributed by atoms with Crippen LogP contribution in [0, 0.1) is 13.8 Å². The molecule has 0 aliphatic heterocycles. The molecule has 2 aromatic carbocycles. The van der Waals surface area contributed by atoms with E-state index >= 15 is 0 Å². The molecule has 0 fully saturated rings. The number of ether oxygens (including phenoxy) is 2. The van der Waals surface area contributed by atoms with Crippen LogP contribution in [0.2, 0.25) is 0 Å². The van der Waals surface area contributed by atoms with Crippen molar-refractivity contribution in [2.75, 3.05) is 13.2 Å². The van der Waals surface area contributed by atoms with Crippen molar-refractivity contribution in [1.29, 1.82) is 0 Å². The minimum Gasteiger partial charge on any atom is -0.494 e. The zero-order valence-corrected chi connectivity index (χ0v) is 18.9. The fourth-order valence-electron chi connectivity index (χ4n) is 2.72. The van der Waals surface area contributed by atoms with Gasteiger partial charge in [-0.15, -0.1) is 0 Å². The molecule has 3 N–H and O–H groups in total. The highest BCUT2D eigenvalue weighted by Crippen LogP contribution is 2.18. The number of rotatable bonds is 9. The van der Waals surface area contributed by atoms with Gasteiger partial charge < -0.3 is 9.47 Å². The van der Waals surface area contributed by atoms with Crippen LogP contribution in [-0.4, -0.2) is 30.1 Å². The maximum absolute atomic E-state index is 12.3. The number of hydrogen-bond acceptors (Lipinski definition) is 5. The van der Waals surface area contributed by atoms with E-state index in [0.29, 0.717) is 23.7 Å². The van der Waals surface area contributed by atoms with Gasteiger partial charge in [0.2, 0.25) is 0 Å². The summed E-state index contributed by atoms with van der Waals surface area (Å²) in [6.07, 6.45) is 3.26. The number of nitrogens with one attached hydrogen (secondary N) is 3. The van der Waals surface area contributed by atoms with Crippen LogP contribution >= 0.6 is 12.2 Å². The minimum atomic E-state index is -0.429. The van der Waals surface area contributed by atoms with E-state index in [1.165, 1.54) is 0 Å². The maximum Gasteiger partial charge on any atom is 0.276 e. The number of carbonyl (C=O) groups is 2. The van der Waals surface area contributed by atoms with Crippen molar-refractivity contribution in [1.82, 2.24) is 16.2 Å². The number of unbranched alkanes of at least 4 members (excludes halogenated alkanes) is 2. The SMILES string of the molecule is CCCCCOc1ccc(C(=O)NC(=S)NNC(=O)COc2ccc(C)cc2C)cc1. The smallest absolute Gasteiger partial charge is 0.276 e. The quantitative estimate of drug-likeness (QED) is 0.312. The highest BCUT2D eigenvalue weighted by molar-refractivity contribution is 7.80. The number of carbonyl (C=O) groups excluding carboxylic acids is 2. The van der Waals surface area contributed by atoms with Crippen LogP contribution in [0.1, 0.15) is 47.7 Å². The van der Waals surface area contributed by atoms with E-state index in [2.05, 4.69) is 23.1 Å². The lowest BCUT2D eigenvalue weighted by Crippen LogP contribution is -2.49. The van der Waals surface area contributed by atoms with Crippen LogP contribution < -0.4 is 25.6 Å². The topological polar surface area (TPSA) is 88.7 Å². The molecule has 166 valence electrons. The van der Waals surface area contributed by atoms with Gasteiger partial charge in [0.15, 0.2) is 11.7 Å². The summed E-state index contributed by atoms with van der Waals surface area (Å²) in [7, 11) is 0. The van der Waals surface area contributed by atoms with Crippen molar-refractivity contribution < 1.29 is 19.1 Å². The van der Waals surface area contributed by atoms with Crippen LogP contribution in [0.4, 0.5) is 0 Å². The molecule has 0 spiro atoms. The molecule has 0 bridgehead atoms. The number of hydrazine groups is 1. The fraction of sp³-hybridized carbons (Fsp3) is 0.348. The van der Waals surface area contributed by atoms with E-state index in [4.69, 9.17) is 21.7 Å². The van der Waals surface area contributed by atoms with Gasteiger partial charge in [-0.05, 0) is 68.4 Å². The van der Waals surface area contributed by atoms with Crippen molar-refractivity contribution in [2.45, 2.75) is 40.0 Å². The molecule has 0 unspecified atom stereocenters. The lowest BCUT2D eigenvalue weighted by Gasteiger charge is -2.12. The van der Waals surface area contributed by atoms with E-state index in [9.17, 15) is 9.59 Å². The minimum absolute atomic E-state index is 0.0234. The predicted molar refractivity (Wildman–Crippen MR) is 124 cm³/mol. The standard InChI is InChI=1S/C23H29N3O4S/c1-4-5-6-13-29-19-10-8-18(9-11-19)22(28)24-23(31)26-25-21(27)15-30-20-12-7-16(2)14-17(20)3/h7-12,14H,4-6,13,15H2,1-3H3,(H,25,27)(H2,24,26,28,31). The maximum atomic E-state index is 12.3. The van der Waals surface area contributed by atoms with Crippen LogP contribution in [0.3, 0.4) is 0 Å². The Bertz CT molecular complexity index is 900. The van der Waals surface area contributed by atoms with Crippen molar-refractivity contribution in [3.8, 4) is 11.5 Å². The summed E-state index contributed by atoms with van der Waals surface area (Å²) >= 11 is 5.05. The Kier molecular flexibility index (Phi) is 9.77. The number of thiocarbonyl (C=S) groups is 1. The Morgan fingerprint density at radius 2 is 1.71 bits per heavy atom. The summed E-state index contributed by atoms with van der Waals surface area (Å²) in [5.74, 6) is 0.524. The molecular formula is C23H29N3O4S. The molecule has 31 heavy (non-hydrogen) atoms. The lowest BCUT2D eigenvalue weighted by atomic mass is 10.1. The molecule has 0 saturated heterocycles. The molecule has 2 aromatic rings. The first-order valence-corrected chi connectivity index (χ1v) is 10.6. The Labute approximate surface area is 188 Å². The zero-order chi connectivity index (χ0) is 22.6.